The average Bonchev–Trinajstić information content (AvgIpc) is 2.17. The molecule has 0 aromatic heterocycles. The first-order chi connectivity index (χ1) is 6.68. The molecule has 2 rings (SSSR count). The highest BCUT2D eigenvalue weighted by Gasteiger charge is 2.15. The van der Waals surface area contributed by atoms with Crippen LogP contribution in [0.1, 0.15) is 5.56 Å². The summed E-state index contributed by atoms with van der Waals surface area (Å²) in [5.41, 5.74) is 2.46. The zero-order valence-electron chi connectivity index (χ0n) is 8.36. The lowest BCUT2D eigenvalue weighted by molar-refractivity contribution is 0.689. The van der Waals surface area contributed by atoms with Crippen LogP contribution < -0.4 is 4.90 Å². The zero-order chi connectivity index (χ0) is 10.1. The number of hydrogen-bond acceptors (Lipinski definition) is 2. The Morgan fingerprint density at radius 3 is 2.79 bits per heavy atom. The van der Waals surface area contributed by atoms with Gasteiger partial charge in [0.15, 0.2) is 0 Å². The molecule has 1 aromatic carbocycles. The van der Waals surface area contributed by atoms with Crippen LogP contribution in [-0.2, 0) is 17.2 Å². The normalized spacial score (nSPS) is 17.3. The molecule has 14 heavy (non-hydrogen) atoms. The van der Waals surface area contributed by atoms with Gasteiger partial charge >= 0.3 is 0 Å². The fraction of sp³-hybridized carbons (Fsp3) is 0.273. The Morgan fingerprint density at radius 1 is 1.36 bits per heavy atom. The summed E-state index contributed by atoms with van der Waals surface area (Å²) >= 11 is 0. The lowest BCUT2D eigenvalue weighted by Gasteiger charge is -2.24. The standard InChI is InChI=1S/C11H13NOS/c1-12-8-10(14(2)13)7-9-5-3-4-6-11(9)12/h3-6,8H,7H2,1-2H3. The molecule has 0 bridgehead atoms. The van der Waals surface area contributed by atoms with Gasteiger partial charge in [0.25, 0.3) is 0 Å². The van der Waals surface area contributed by atoms with Crippen molar-refractivity contribution in [2.75, 3.05) is 18.2 Å². The third-order valence-electron chi connectivity index (χ3n) is 2.44. The van der Waals surface area contributed by atoms with Crippen molar-refractivity contribution in [2.24, 2.45) is 0 Å². The SMILES string of the molecule is CN1C=C(S(C)=O)Cc2ccccc21. The summed E-state index contributed by atoms with van der Waals surface area (Å²) < 4.78 is 11.4. The molecular weight excluding hydrogens is 194 g/mol. The maximum Gasteiger partial charge on any atom is 0.0475 e. The number of allylic oxidation sites excluding steroid dienone is 1. The Morgan fingerprint density at radius 2 is 2.07 bits per heavy atom. The van der Waals surface area contributed by atoms with Crippen LogP contribution in [0.4, 0.5) is 5.69 Å². The molecule has 1 heterocycles. The Labute approximate surface area is 86.7 Å². The van der Waals surface area contributed by atoms with Crippen molar-refractivity contribution >= 4 is 16.5 Å². The predicted octanol–water partition coefficient (Wildman–Crippen LogP) is 1.90. The fourth-order valence-electron chi connectivity index (χ4n) is 1.70. The molecule has 0 fully saturated rings. The minimum absolute atomic E-state index is 0.809. The van der Waals surface area contributed by atoms with Crippen molar-refractivity contribution in [3.63, 3.8) is 0 Å². The fourth-order valence-corrected chi connectivity index (χ4v) is 2.36. The Hall–Kier alpha value is -1.09. The highest BCUT2D eigenvalue weighted by atomic mass is 32.2. The third-order valence-corrected chi connectivity index (χ3v) is 3.43. The summed E-state index contributed by atoms with van der Waals surface area (Å²) in [7, 11) is 1.13. The molecule has 0 saturated heterocycles. The van der Waals surface area contributed by atoms with Crippen molar-refractivity contribution in [1.29, 1.82) is 0 Å². The monoisotopic (exact) mass is 207 g/mol. The summed E-state index contributed by atoms with van der Waals surface area (Å²) in [6.07, 6.45) is 4.51. The van der Waals surface area contributed by atoms with Gasteiger partial charge in [-0.25, -0.2) is 0 Å². The van der Waals surface area contributed by atoms with E-state index in [1.165, 1.54) is 11.3 Å². The molecule has 0 aliphatic carbocycles. The highest BCUT2D eigenvalue weighted by molar-refractivity contribution is 7.88. The molecule has 1 aromatic rings. The van der Waals surface area contributed by atoms with E-state index in [2.05, 4.69) is 12.1 Å². The molecule has 1 atom stereocenters. The van der Waals surface area contributed by atoms with Gasteiger partial charge in [-0.1, -0.05) is 18.2 Å². The number of para-hydroxylation sites is 1. The summed E-state index contributed by atoms with van der Waals surface area (Å²) in [5, 5.41) is 0. The van der Waals surface area contributed by atoms with E-state index < -0.39 is 10.8 Å². The van der Waals surface area contributed by atoms with Crippen molar-refractivity contribution in [3.05, 3.63) is 40.9 Å². The topological polar surface area (TPSA) is 20.3 Å². The summed E-state index contributed by atoms with van der Waals surface area (Å²) in [6.45, 7) is 0. The lowest BCUT2D eigenvalue weighted by atomic mass is 10.1. The van der Waals surface area contributed by atoms with Crippen LogP contribution in [-0.4, -0.2) is 17.5 Å². The molecule has 0 N–H and O–H groups in total. The van der Waals surface area contributed by atoms with Gasteiger partial charge in [-0.3, -0.25) is 4.21 Å². The second-order valence-corrected chi connectivity index (χ2v) is 4.90. The average molecular weight is 207 g/mol. The quantitative estimate of drug-likeness (QED) is 0.701. The van der Waals surface area contributed by atoms with E-state index in [4.69, 9.17) is 0 Å². The van der Waals surface area contributed by atoms with E-state index >= 15 is 0 Å². The van der Waals surface area contributed by atoms with Gasteiger partial charge in [0.1, 0.15) is 0 Å². The molecule has 0 spiro atoms. The molecule has 74 valence electrons. The zero-order valence-corrected chi connectivity index (χ0v) is 9.17. The minimum atomic E-state index is -0.861. The Balaban J connectivity index is 2.42. The molecule has 0 saturated carbocycles. The van der Waals surface area contributed by atoms with Crippen molar-refractivity contribution in [2.45, 2.75) is 6.42 Å². The number of nitrogens with zero attached hydrogens (tertiary/aromatic N) is 1. The molecule has 3 heteroatoms. The molecule has 2 nitrogen and oxygen atoms in total. The predicted molar refractivity (Wildman–Crippen MR) is 60.7 cm³/mol. The lowest BCUT2D eigenvalue weighted by Crippen LogP contribution is -2.18. The number of anilines is 1. The second kappa shape index (κ2) is 3.58. The van der Waals surface area contributed by atoms with Crippen LogP contribution in [0.25, 0.3) is 0 Å². The smallest absolute Gasteiger partial charge is 0.0475 e. The van der Waals surface area contributed by atoms with Crippen LogP contribution in [0.2, 0.25) is 0 Å². The van der Waals surface area contributed by atoms with Gasteiger partial charge in [-0.15, -0.1) is 0 Å². The second-order valence-electron chi connectivity index (χ2n) is 3.47. The molecule has 0 amide bonds. The van der Waals surface area contributed by atoms with Crippen molar-refractivity contribution in [3.8, 4) is 0 Å². The van der Waals surface area contributed by atoms with E-state index in [9.17, 15) is 4.21 Å². The van der Waals surface area contributed by atoms with E-state index in [1.807, 2.05) is 30.3 Å². The van der Waals surface area contributed by atoms with Gasteiger partial charge in [-0.05, 0) is 11.6 Å². The summed E-state index contributed by atoms with van der Waals surface area (Å²) in [6, 6.07) is 8.22. The molecular formula is C11H13NOS. The third kappa shape index (κ3) is 1.60. The van der Waals surface area contributed by atoms with Crippen molar-refractivity contribution in [1.82, 2.24) is 0 Å². The van der Waals surface area contributed by atoms with E-state index in [-0.39, 0.29) is 0 Å². The number of fused-ring (bicyclic) bond motifs is 1. The van der Waals surface area contributed by atoms with Crippen LogP contribution in [0.15, 0.2) is 35.4 Å². The minimum Gasteiger partial charge on any atom is -0.350 e. The Bertz CT molecular complexity index is 412. The van der Waals surface area contributed by atoms with Crippen LogP contribution >= 0.6 is 0 Å². The highest BCUT2D eigenvalue weighted by Crippen LogP contribution is 2.28. The van der Waals surface area contributed by atoms with Crippen LogP contribution in [0, 0.1) is 0 Å². The van der Waals surface area contributed by atoms with Gasteiger partial charge < -0.3 is 4.90 Å². The number of benzene rings is 1. The molecule has 0 radical (unpaired) electrons. The largest absolute Gasteiger partial charge is 0.350 e. The van der Waals surface area contributed by atoms with Crippen molar-refractivity contribution < 1.29 is 4.21 Å². The first-order valence-electron chi connectivity index (χ1n) is 4.53. The van der Waals surface area contributed by atoms with Gasteiger partial charge in [-0.2, -0.15) is 0 Å². The van der Waals surface area contributed by atoms with E-state index in [0.717, 1.165) is 11.3 Å². The number of hydrogen-bond donors (Lipinski definition) is 0. The van der Waals surface area contributed by atoms with Gasteiger partial charge in [0, 0.05) is 47.3 Å². The maximum absolute atomic E-state index is 11.4. The molecule has 1 aliphatic rings. The van der Waals surface area contributed by atoms with Gasteiger partial charge in [0.2, 0.25) is 0 Å². The first kappa shape index (κ1) is 9.46. The van der Waals surface area contributed by atoms with E-state index in [1.54, 1.807) is 6.26 Å². The number of rotatable bonds is 1. The van der Waals surface area contributed by atoms with Crippen LogP contribution in [0.5, 0.6) is 0 Å². The first-order valence-corrected chi connectivity index (χ1v) is 6.09. The van der Waals surface area contributed by atoms with Gasteiger partial charge in [0.05, 0.1) is 0 Å². The summed E-state index contributed by atoms with van der Waals surface area (Å²) in [5.74, 6) is 0. The molecule has 1 aliphatic heterocycles. The molecule has 1 unspecified atom stereocenters. The Kier molecular flexibility index (Phi) is 2.42. The van der Waals surface area contributed by atoms with Crippen LogP contribution in [0.3, 0.4) is 0 Å². The van der Waals surface area contributed by atoms with E-state index in [0.29, 0.717) is 0 Å². The summed E-state index contributed by atoms with van der Waals surface area (Å²) in [4.78, 5) is 3.03. The maximum atomic E-state index is 11.4.